The van der Waals surface area contributed by atoms with E-state index in [4.69, 9.17) is 10.5 Å². The molecule has 26 heavy (non-hydrogen) atoms. The number of hydrogen-bond donors (Lipinski definition) is 1. The van der Waals surface area contributed by atoms with Crippen LogP contribution in [-0.4, -0.2) is 18.6 Å². The number of ether oxygens (including phenoxy) is 1. The third-order valence-corrected chi connectivity index (χ3v) is 4.40. The highest BCUT2D eigenvalue weighted by Gasteiger charge is 2.35. The van der Waals surface area contributed by atoms with Crippen molar-refractivity contribution in [3.8, 4) is 5.75 Å². The summed E-state index contributed by atoms with van der Waals surface area (Å²) in [6.45, 7) is 1.93. The van der Waals surface area contributed by atoms with Gasteiger partial charge in [0.15, 0.2) is 6.10 Å². The number of alkyl halides is 3. The highest BCUT2D eigenvalue weighted by atomic mass is 19.4. The van der Waals surface area contributed by atoms with Crippen molar-refractivity contribution in [1.29, 1.82) is 0 Å². The van der Waals surface area contributed by atoms with Gasteiger partial charge < -0.3 is 15.4 Å². The molecule has 0 radical (unpaired) electrons. The van der Waals surface area contributed by atoms with E-state index < -0.39 is 23.8 Å². The van der Waals surface area contributed by atoms with Crippen LogP contribution in [0.5, 0.6) is 5.75 Å². The number of rotatable bonds is 3. The summed E-state index contributed by atoms with van der Waals surface area (Å²) in [6, 6.07) is 10.2. The van der Waals surface area contributed by atoms with Crippen LogP contribution in [0.15, 0.2) is 42.5 Å². The van der Waals surface area contributed by atoms with Gasteiger partial charge in [-0.1, -0.05) is 18.2 Å². The summed E-state index contributed by atoms with van der Waals surface area (Å²) in [7, 11) is 0. The first-order chi connectivity index (χ1) is 12.3. The molecule has 4 nitrogen and oxygen atoms in total. The van der Waals surface area contributed by atoms with E-state index >= 15 is 0 Å². The minimum Gasteiger partial charge on any atom is -0.480 e. The lowest BCUT2D eigenvalue weighted by Gasteiger charge is -2.32. The van der Waals surface area contributed by atoms with Gasteiger partial charge in [-0.3, -0.25) is 4.79 Å². The molecule has 1 aliphatic rings. The minimum absolute atomic E-state index is 0.356. The zero-order valence-corrected chi connectivity index (χ0v) is 14.2. The normalized spacial score (nSPS) is 15.3. The van der Waals surface area contributed by atoms with E-state index in [2.05, 4.69) is 0 Å². The standard InChI is InChI=1S/C19H19F3N2O2/c1-12(26-17-10-3-2-7-14(17)19(20,21)22)18(25)24-11-5-6-13-15(23)8-4-9-16(13)24/h2-4,7-10,12H,5-6,11,23H2,1H3. The molecule has 1 heterocycles. The lowest BCUT2D eigenvalue weighted by Crippen LogP contribution is -2.43. The summed E-state index contributed by atoms with van der Waals surface area (Å²) in [5, 5.41) is 0. The van der Waals surface area contributed by atoms with Crippen molar-refractivity contribution in [2.24, 2.45) is 0 Å². The van der Waals surface area contributed by atoms with Crippen LogP contribution in [0.3, 0.4) is 0 Å². The molecule has 0 bridgehead atoms. The second-order valence-electron chi connectivity index (χ2n) is 6.19. The van der Waals surface area contributed by atoms with Crippen molar-refractivity contribution in [3.63, 3.8) is 0 Å². The Bertz CT molecular complexity index is 821. The molecule has 0 aliphatic carbocycles. The molecule has 0 aromatic heterocycles. The highest BCUT2D eigenvalue weighted by Crippen LogP contribution is 2.37. The molecular formula is C19H19F3N2O2. The third kappa shape index (κ3) is 3.47. The molecule has 1 unspecified atom stereocenters. The van der Waals surface area contributed by atoms with Crippen molar-refractivity contribution in [2.45, 2.75) is 32.0 Å². The van der Waals surface area contributed by atoms with Gasteiger partial charge in [0.2, 0.25) is 0 Å². The second-order valence-corrected chi connectivity index (χ2v) is 6.19. The van der Waals surface area contributed by atoms with Crippen LogP contribution < -0.4 is 15.4 Å². The summed E-state index contributed by atoms with van der Waals surface area (Å²) >= 11 is 0. The number of nitrogens with two attached hydrogens (primary N) is 1. The van der Waals surface area contributed by atoms with E-state index in [0.717, 1.165) is 24.5 Å². The monoisotopic (exact) mass is 364 g/mol. The van der Waals surface area contributed by atoms with Crippen LogP contribution in [0.1, 0.15) is 24.5 Å². The van der Waals surface area contributed by atoms with E-state index in [0.29, 0.717) is 17.9 Å². The van der Waals surface area contributed by atoms with Crippen LogP contribution >= 0.6 is 0 Å². The Kier molecular flexibility index (Phi) is 4.80. The number of amides is 1. The second kappa shape index (κ2) is 6.90. The fourth-order valence-electron chi connectivity index (χ4n) is 3.14. The Morgan fingerprint density at radius 3 is 2.65 bits per heavy atom. The van der Waals surface area contributed by atoms with E-state index in [1.807, 2.05) is 0 Å². The number of fused-ring (bicyclic) bond motifs is 1. The number of nitrogens with zero attached hydrogens (tertiary/aromatic N) is 1. The summed E-state index contributed by atoms with van der Waals surface area (Å²) in [5.41, 5.74) is 7.26. The zero-order chi connectivity index (χ0) is 18.9. The SMILES string of the molecule is CC(Oc1ccccc1C(F)(F)F)C(=O)N1CCCc2c(N)cccc21. The lowest BCUT2D eigenvalue weighted by molar-refractivity contribution is -0.140. The quantitative estimate of drug-likeness (QED) is 0.837. The maximum absolute atomic E-state index is 13.1. The van der Waals surface area contributed by atoms with E-state index in [1.54, 1.807) is 18.2 Å². The van der Waals surface area contributed by atoms with Gasteiger partial charge in [-0.15, -0.1) is 0 Å². The summed E-state index contributed by atoms with van der Waals surface area (Å²) in [4.78, 5) is 14.4. The number of nitrogen functional groups attached to an aromatic ring is 1. The molecule has 0 saturated heterocycles. The van der Waals surface area contributed by atoms with Crippen LogP contribution in [0.2, 0.25) is 0 Å². The number of anilines is 2. The number of para-hydroxylation sites is 1. The molecule has 7 heteroatoms. The Balaban J connectivity index is 1.84. The van der Waals surface area contributed by atoms with Gasteiger partial charge in [-0.2, -0.15) is 13.2 Å². The molecule has 2 aromatic rings. The van der Waals surface area contributed by atoms with Crippen LogP contribution in [0, 0.1) is 0 Å². The number of benzene rings is 2. The molecule has 2 aromatic carbocycles. The van der Waals surface area contributed by atoms with E-state index in [1.165, 1.54) is 30.0 Å². The first kappa shape index (κ1) is 18.1. The topological polar surface area (TPSA) is 55.6 Å². The highest BCUT2D eigenvalue weighted by molar-refractivity contribution is 5.98. The van der Waals surface area contributed by atoms with Crippen molar-refractivity contribution >= 4 is 17.3 Å². The fraction of sp³-hybridized carbons (Fsp3) is 0.316. The van der Waals surface area contributed by atoms with Gasteiger partial charge in [0, 0.05) is 17.9 Å². The van der Waals surface area contributed by atoms with Crippen LogP contribution in [0.4, 0.5) is 24.5 Å². The summed E-state index contributed by atoms with van der Waals surface area (Å²) < 4.78 is 44.7. The summed E-state index contributed by atoms with van der Waals surface area (Å²) in [6.07, 6.45) is -4.12. The molecule has 138 valence electrons. The molecule has 0 fully saturated rings. The molecule has 1 aliphatic heterocycles. The zero-order valence-electron chi connectivity index (χ0n) is 14.2. The molecule has 1 amide bonds. The van der Waals surface area contributed by atoms with Crippen LogP contribution in [0.25, 0.3) is 0 Å². The third-order valence-electron chi connectivity index (χ3n) is 4.40. The lowest BCUT2D eigenvalue weighted by atomic mass is 9.99. The molecule has 0 saturated carbocycles. The molecule has 3 rings (SSSR count). The molecule has 0 spiro atoms. The fourth-order valence-corrected chi connectivity index (χ4v) is 3.14. The van der Waals surface area contributed by atoms with Crippen LogP contribution in [-0.2, 0) is 17.4 Å². The predicted octanol–water partition coefficient (Wildman–Crippen LogP) is 4.03. The van der Waals surface area contributed by atoms with Gasteiger partial charge in [0.1, 0.15) is 5.75 Å². The van der Waals surface area contributed by atoms with E-state index in [9.17, 15) is 18.0 Å². The van der Waals surface area contributed by atoms with Crippen molar-refractivity contribution in [3.05, 3.63) is 53.6 Å². The van der Waals surface area contributed by atoms with Crippen molar-refractivity contribution < 1.29 is 22.7 Å². The smallest absolute Gasteiger partial charge is 0.419 e. The first-order valence-corrected chi connectivity index (χ1v) is 8.30. The number of carbonyl (C=O) groups excluding carboxylic acids is 1. The Morgan fingerprint density at radius 1 is 1.19 bits per heavy atom. The number of hydrogen-bond acceptors (Lipinski definition) is 3. The van der Waals surface area contributed by atoms with Gasteiger partial charge >= 0.3 is 6.18 Å². The molecule has 2 N–H and O–H groups in total. The van der Waals surface area contributed by atoms with Gasteiger partial charge in [0.25, 0.3) is 5.91 Å². The van der Waals surface area contributed by atoms with Gasteiger partial charge in [-0.05, 0) is 49.6 Å². The Hall–Kier alpha value is -2.70. The maximum atomic E-state index is 13.1. The Morgan fingerprint density at radius 2 is 1.92 bits per heavy atom. The van der Waals surface area contributed by atoms with Crippen molar-refractivity contribution in [1.82, 2.24) is 0 Å². The van der Waals surface area contributed by atoms with E-state index in [-0.39, 0.29) is 5.75 Å². The van der Waals surface area contributed by atoms with Gasteiger partial charge in [0.05, 0.1) is 5.56 Å². The molecule has 1 atom stereocenters. The van der Waals surface area contributed by atoms with Gasteiger partial charge in [-0.25, -0.2) is 0 Å². The molecular weight excluding hydrogens is 345 g/mol. The average molecular weight is 364 g/mol. The number of halogens is 3. The Labute approximate surface area is 149 Å². The minimum atomic E-state index is -4.55. The maximum Gasteiger partial charge on any atom is 0.419 e. The predicted molar refractivity (Wildman–Crippen MR) is 93.1 cm³/mol. The number of carbonyl (C=O) groups is 1. The van der Waals surface area contributed by atoms with Crippen molar-refractivity contribution in [2.75, 3.05) is 17.2 Å². The largest absolute Gasteiger partial charge is 0.480 e. The first-order valence-electron chi connectivity index (χ1n) is 8.30. The average Bonchev–Trinajstić information content (AvgIpc) is 2.60. The summed E-state index contributed by atoms with van der Waals surface area (Å²) in [5.74, 6) is -0.751.